The van der Waals surface area contributed by atoms with Crippen molar-refractivity contribution in [3.63, 3.8) is 0 Å². The number of carboxylic acids is 3. The van der Waals surface area contributed by atoms with E-state index < -0.39 is 235 Å². The van der Waals surface area contributed by atoms with Crippen molar-refractivity contribution in [2.45, 2.75) is 195 Å². The predicted octanol–water partition coefficient (Wildman–Crippen LogP) is -8.05. The number of nitrogens with one attached hydrogen (secondary N) is 11. The maximum absolute atomic E-state index is 14.5. The molecular weight excluding hydrogens is 1450 g/mol. The number of hydrogen-bond acceptors (Lipinski definition) is 24. The minimum Gasteiger partial charge on any atom is -0.481 e. The van der Waals surface area contributed by atoms with E-state index in [4.69, 9.17) is 29.4 Å². The molecule has 43 heteroatoms. The Kier molecular flexibility index (Phi) is 41.7. The third kappa shape index (κ3) is 31.2. The van der Waals surface area contributed by atoms with Crippen LogP contribution in [0.4, 0.5) is 0 Å². The van der Waals surface area contributed by atoms with Crippen molar-refractivity contribution in [3.05, 3.63) is 0 Å². The first kappa shape index (κ1) is 91.2. The van der Waals surface area contributed by atoms with Gasteiger partial charge in [-0.25, -0.2) is 4.79 Å². The predicted molar refractivity (Wildman–Crippen MR) is 384 cm³/mol. The Morgan fingerprint density at radius 1 is 0.490 bits per heavy atom. The SMILES string of the molecule is C#CCCC(=O)N[C@@H](CS)C(=O)N1CCC[C@H]1C(=O)N[C@@H](CCCCN)C(=O)N[C@H](C(=O)N[C@@H](CS)C(=O)N1CCC[C@H]1C(=O)N[C@@H](CCCN=C(N)N)C(=O)N[C@@H](CCC(=O)O)C(=O)N[C@@H](CS)C(=O)N[C@@H](CCC(=O)O)C(=O)N[C@@H](CO)C(=O)N[C@@H](CC(N)=O)C(=O)N[C@@H](CS)C(=O)O)C(C)C. The van der Waals surface area contributed by atoms with Gasteiger partial charge in [0.15, 0.2) is 5.96 Å². The molecule has 13 atom stereocenters. The Labute approximate surface area is 621 Å². The van der Waals surface area contributed by atoms with Crippen molar-refractivity contribution in [1.82, 2.24) is 68.3 Å². The fraction of sp³-hybridized carbons (Fsp3) is 0.672. The molecule has 0 aromatic rings. The Hall–Kier alpha value is -8.86. The number of aliphatic hydroxyl groups is 1. The van der Waals surface area contributed by atoms with E-state index >= 15 is 0 Å². The largest absolute Gasteiger partial charge is 0.481 e. The molecule has 0 unspecified atom stereocenters. The monoisotopic (exact) mass is 1550 g/mol. The zero-order chi connectivity index (χ0) is 78.5. The highest BCUT2D eigenvalue weighted by molar-refractivity contribution is 7.80. The summed E-state index contributed by atoms with van der Waals surface area (Å²) in [5.41, 5.74) is 22.0. The lowest BCUT2D eigenvalue weighted by atomic mass is 10.0. The van der Waals surface area contributed by atoms with E-state index in [1.165, 1.54) is 4.90 Å². The quantitative estimate of drug-likeness (QED) is 0.00884. The van der Waals surface area contributed by atoms with Crippen LogP contribution in [0.5, 0.6) is 0 Å². The number of rotatable bonds is 48. The first-order valence-corrected chi connectivity index (χ1v) is 35.8. The van der Waals surface area contributed by atoms with Gasteiger partial charge in [-0.1, -0.05) is 13.8 Å². The van der Waals surface area contributed by atoms with Crippen LogP contribution < -0.4 is 81.4 Å². The molecule has 2 aliphatic rings. The summed E-state index contributed by atoms with van der Waals surface area (Å²) in [6.45, 7) is 2.25. The Morgan fingerprint density at radius 3 is 1.31 bits per heavy atom. The van der Waals surface area contributed by atoms with Crippen LogP contribution in [0.1, 0.15) is 117 Å². The van der Waals surface area contributed by atoms with Crippen LogP contribution in [0.25, 0.3) is 0 Å². The first-order chi connectivity index (χ1) is 49.1. The molecule has 104 heavy (non-hydrogen) atoms. The number of carbonyl (C=O) groups excluding carboxylic acids is 14. The molecule has 0 spiro atoms. The molecule has 0 aromatic carbocycles. The number of hydrogen-bond donors (Lipinski definition) is 23. The molecule has 2 aliphatic heterocycles. The second-order valence-corrected chi connectivity index (χ2v) is 26.0. The number of nitrogens with two attached hydrogens (primary N) is 4. The van der Waals surface area contributed by atoms with Gasteiger partial charge >= 0.3 is 17.9 Å². The highest BCUT2D eigenvalue weighted by Crippen LogP contribution is 2.22. The lowest BCUT2D eigenvalue weighted by Crippen LogP contribution is -2.61. The van der Waals surface area contributed by atoms with Crippen molar-refractivity contribution >= 4 is 157 Å². The molecule has 23 N–H and O–H groups in total. The van der Waals surface area contributed by atoms with Gasteiger partial charge in [0.1, 0.15) is 78.5 Å². The molecule has 2 saturated heterocycles. The van der Waals surface area contributed by atoms with Crippen molar-refractivity contribution in [3.8, 4) is 12.3 Å². The average Bonchev–Trinajstić information content (AvgIpc) is 1.63. The van der Waals surface area contributed by atoms with E-state index in [9.17, 15) is 102 Å². The van der Waals surface area contributed by atoms with E-state index in [1.54, 1.807) is 13.8 Å². The van der Waals surface area contributed by atoms with Gasteiger partial charge in [-0.15, -0.1) is 12.3 Å². The summed E-state index contributed by atoms with van der Waals surface area (Å²) in [6.07, 6.45) is 2.96. The molecule has 14 amide bonds. The summed E-state index contributed by atoms with van der Waals surface area (Å²) in [5.74, 6) is -18.3. The van der Waals surface area contributed by atoms with Crippen molar-refractivity contribution in [2.24, 2.45) is 33.8 Å². The molecule has 0 aliphatic carbocycles. The van der Waals surface area contributed by atoms with Gasteiger partial charge in [0, 0.05) is 68.3 Å². The molecule has 2 rings (SSSR count). The second kappa shape index (κ2) is 47.5. The number of likely N-dealkylation sites (tertiary alicyclic amines) is 2. The molecule has 0 aromatic heterocycles. The fourth-order valence-electron chi connectivity index (χ4n) is 10.6. The van der Waals surface area contributed by atoms with Crippen LogP contribution in [0.3, 0.4) is 0 Å². The van der Waals surface area contributed by atoms with E-state index in [1.807, 2.05) is 10.6 Å². The molecule has 2 heterocycles. The van der Waals surface area contributed by atoms with Crippen LogP contribution in [-0.2, 0) is 81.5 Å². The standard InChI is InChI=1S/C61H98N18O21S4/c1-4-5-15-44(82)67-38(27-102)58(97)78-22-9-13-41(78)55(94)70-31(11-6-7-20-62)51(90)77-47(30(2)3)57(96)75-39(28-103)59(98)79-23-10-14-42(79)56(95)71-32(12-8-21-66-61(64)65)48(87)68-34(17-19-46(85)86)50(89)74-37(26-101)54(93)69-33(16-18-45(83)84)49(88)73-36(25-80)53(92)72-35(24-43(63)81)52(91)76-40(29-104)60(99)100/h1,30-42,47,80,101-104H,5-29,62H2,2-3H3,(H2,63,81)(H,67,82)(H,68,87)(H,69,93)(H,70,94)(H,71,95)(H,72,92)(H,73,88)(H,74,89)(H,75,96)(H,76,91)(H,77,90)(H,83,84)(H,85,86)(H,99,100)(H4,64,65,66)/t31-,32-,33-,34-,35-,36-,37-,38-,39-,40-,41-,42-,47-/m0/s1. The van der Waals surface area contributed by atoms with Gasteiger partial charge in [0.05, 0.1) is 13.0 Å². The van der Waals surface area contributed by atoms with Crippen LogP contribution in [0.2, 0.25) is 0 Å². The lowest BCUT2D eigenvalue weighted by molar-refractivity contribution is -0.142. The topological polar surface area (TPSA) is 626 Å². The van der Waals surface area contributed by atoms with Gasteiger partial charge < -0.3 is 112 Å². The van der Waals surface area contributed by atoms with Crippen LogP contribution >= 0.6 is 50.5 Å². The zero-order valence-corrected chi connectivity index (χ0v) is 61.1. The minimum atomic E-state index is -2.00. The number of aliphatic hydroxyl groups excluding tert-OH is 1. The summed E-state index contributed by atoms with van der Waals surface area (Å²) >= 11 is 16.5. The molecule has 39 nitrogen and oxygen atoms in total. The zero-order valence-electron chi connectivity index (χ0n) is 57.5. The number of primary amides is 1. The van der Waals surface area contributed by atoms with E-state index in [0.717, 1.165) is 4.90 Å². The highest BCUT2D eigenvalue weighted by Gasteiger charge is 2.43. The number of guanidine groups is 1. The van der Waals surface area contributed by atoms with Gasteiger partial charge in [-0.2, -0.15) is 50.5 Å². The van der Waals surface area contributed by atoms with Gasteiger partial charge in [0.25, 0.3) is 0 Å². The van der Waals surface area contributed by atoms with E-state index in [-0.39, 0.29) is 95.0 Å². The summed E-state index contributed by atoms with van der Waals surface area (Å²) in [5, 5.41) is 64.8. The minimum absolute atomic E-state index is 0.0163. The molecular formula is C61H98N18O21S4. The molecule has 582 valence electrons. The van der Waals surface area contributed by atoms with Gasteiger partial charge in [-0.05, 0) is 83.1 Å². The van der Waals surface area contributed by atoms with Gasteiger partial charge in [0.2, 0.25) is 82.7 Å². The fourth-order valence-corrected chi connectivity index (χ4v) is 11.6. The Bertz CT molecular complexity index is 3130. The molecule has 0 bridgehead atoms. The van der Waals surface area contributed by atoms with Crippen molar-refractivity contribution in [1.29, 1.82) is 0 Å². The Balaban J connectivity index is 2.40. The lowest BCUT2D eigenvalue weighted by Gasteiger charge is -2.31. The van der Waals surface area contributed by atoms with Crippen LogP contribution in [0, 0.1) is 18.3 Å². The van der Waals surface area contributed by atoms with Crippen LogP contribution in [0.15, 0.2) is 4.99 Å². The number of thiol groups is 4. The molecule has 2 fully saturated rings. The number of unbranched alkanes of at least 4 members (excludes halogenated alkanes) is 1. The number of nitrogens with zero attached hydrogens (tertiary/aromatic N) is 3. The number of amides is 14. The number of terminal acetylenes is 1. The highest BCUT2D eigenvalue weighted by atomic mass is 32.1. The third-order valence-corrected chi connectivity index (χ3v) is 17.7. The average molecular weight is 1550 g/mol. The summed E-state index contributed by atoms with van der Waals surface area (Å²) < 4.78 is 0. The molecule has 0 saturated carbocycles. The van der Waals surface area contributed by atoms with Crippen LogP contribution in [-0.4, -0.2) is 271 Å². The summed E-state index contributed by atoms with van der Waals surface area (Å²) in [6, 6.07) is -20.0. The van der Waals surface area contributed by atoms with Crippen molar-refractivity contribution < 1.29 is 102 Å². The van der Waals surface area contributed by atoms with E-state index in [0.29, 0.717) is 19.3 Å². The van der Waals surface area contributed by atoms with Gasteiger partial charge in [-0.3, -0.25) is 81.7 Å². The normalized spacial score (nSPS) is 17.1. The summed E-state index contributed by atoms with van der Waals surface area (Å²) in [7, 11) is 0. The van der Waals surface area contributed by atoms with E-state index in [2.05, 4.69) is 109 Å². The third-order valence-electron chi connectivity index (χ3n) is 16.2. The smallest absolute Gasteiger partial charge is 0.327 e. The maximum atomic E-state index is 14.5. The summed E-state index contributed by atoms with van der Waals surface area (Å²) in [4.78, 5) is 233. The second-order valence-electron chi connectivity index (χ2n) is 24.5. The first-order valence-electron chi connectivity index (χ1n) is 33.3. The number of carbonyl (C=O) groups is 17. The number of carboxylic acid groups (broad SMARTS) is 3. The Morgan fingerprint density at radius 2 is 0.885 bits per heavy atom. The molecule has 0 radical (unpaired) electrons. The van der Waals surface area contributed by atoms with Crippen molar-refractivity contribution in [2.75, 3.05) is 55.8 Å². The number of aliphatic carboxylic acids is 3. The maximum Gasteiger partial charge on any atom is 0.327 e. The number of aliphatic imine (C=N–C) groups is 1.